The van der Waals surface area contributed by atoms with Crippen LogP contribution in [0, 0.1) is 5.92 Å². The van der Waals surface area contributed by atoms with E-state index in [1.54, 1.807) is 0 Å². The zero-order valence-corrected chi connectivity index (χ0v) is 14.6. The Labute approximate surface area is 149 Å². The highest BCUT2D eigenvalue weighted by Crippen LogP contribution is 2.33. The van der Waals surface area contributed by atoms with E-state index in [1.807, 2.05) is 24.3 Å². The van der Waals surface area contributed by atoms with Gasteiger partial charge < -0.3 is 10.6 Å². The van der Waals surface area contributed by atoms with Gasteiger partial charge in [0.2, 0.25) is 5.91 Å². The molecule has 2 heterocycles. The Kier molecular flexibility index (Phi) is 4.84. The van der Waals surface area contributed by atoms with Crippen LogP contribution in [0.15, 0.2) is 54.6 Å². The molecule has 2 saturated heterocycles. The van der Waals surface area contributed by atoms with Crippen molar-refractivity contribution in [2.45, 2.75) is 50.6 Å². The van der Waals surface area contributed by atoms with Gasteiger partial charge in [0, 0.05) is 24.2 Å². The number of nitrogens with one attached hydrogen (secondary N) is 2. The van der Waals surface area contributed by atoms with Crippen molar-refractivity contribution >= 4 is 11.6 Å². The third-order valence-electron chi connectivity index (χ3n) is 5.57. The largest absolute Gasteiger partial charge is 0.326 e. The van der Waals surface area contributed by atoms with Crippen molar-refractivity contribution in [1.29, 1.82) is 0 Å². The maximum absolute atomic E-state index is 12.6. The lowest BCUT2D eigenvalue weighted by Gasteiger charge is -2.28. The molecule has 2 aliphatic heterocycles. The lowest BCUT2D eigenvalue weighted by Crippen LogP contribution is -2.39. The summed E-state index contributed by atoms with van der Waals surface area (Å²) in [5, 5.41) is 6.82. The van der Waals surface area contributed by atoms with Gasteiger partial charge in [-0.1, -0.05) is 48.5 Å². The molecule has 25 heavy (non-hydrogen) atoms. The summed E-state index contributed by atoms with van der Waals surface area (Å²) in [6, 6.07) is 19.8. The molecule has 2 fully saturated rings. The van der Waals surface area contributed by atoms with Gasteiger partial charge in [-0.25, -0.2) is 0 Å². The maximum atomic E-state index is 12.6. The number of benzene rings is 2. The SMILES string of the molecule is O=C(CC1CC2CCC(C1)N2)Nc1ccccc1Cc1ccccc1. The molecule has 0 radical (unpaired) electrons. The molecule has 2 atom stereocenters. The highest BCUT2D eigenvalue weighted by molar-refractivity contribution is 5.91. The van der Waals surface area contributed by atoms with Gasteiger partial charge in [-0.15, -0.1) is 0 Å². The van der Waals surface area contributed by atoms with Crippen molar-refractivity contribution in [3.63, 3.8) is 0 Å². The van der Waals surface area contributed by atoms with E-state index < -0.39 is 0 Å². The zero-order chi connectivity index (χ0) is 17.1. The van der Waals surface area contributed by atoms with Crippen LogP contribution in [0.3, 0.4) is 0 Å². The normalized spacial score (nSPS) is 24.9. The fourth-order valence-corrected chi connectivity index (χ4v) is 4.42. The molecular weight excluding hydrogens is 308 g/mol. The average molecular weight is 334 g/mol. The van der Waals surface area contributed by atoms with Crippen LogP contribution >= 0.6 is 0 Å². The van der Waals surface area contributed by atoms with Gasteiger partial charge in [0.15, 0.2) is 0 Å². The number of amides is 1. The summed E-state index contributed by atoms with van der Waals surface area (Å²) in [6.07, 6.45) is 6.35. The molecule has 0 spiro atoms. The van der Waals surface area contributed by atoms with Crippen LogP contribution in [-0.4, -0.2) is 18.0 Å². The van der Waals surface area contributed by atoms with E-state index >= 15 is 0 Å². The topological polar surface area (TPSA) is 41.1 Å². The van der Waals surface area contributed by atoms with E-state index in [0.29, 0.717) is 24.4 Å². The Morgan fingerprint density at radius 2 is 1.64 bits per heavy atom. The number of rotatable bonds is 5. The number of hydrogen-bond acceptors (Lipinski definition) is 2. The van der Waals surface area contributed by atoms with Gasteiger partial charge in [-0.05, 0) is 55.2 Å². The first kappa shape index (κ1) is 16.3. The highest BCUT2D eigenvalue weighted by atomic mass is 16.1. The van der Waals surface area contributed by atoms with Gasteiger partial charge in [0.1, 0.15) is 0 Å². The van der Waals surface area contributed by atoms with Crippen LogP contribution < -0.4 is 10.6 Å². The predicted octanol–water partition coefficient (Wildman–Crippen LogP) is 4.14. The van der Waals surface area contributed by atoms with Crippen LogP contribution in [0.1, 0.15) is 43.2 Å². The van der Waals surface area contributed by atoms with E-state index in [4.69, 9.17) is 0 Å². The maximum Gasteiger partial charge on any atom is 0.224 e. The summed E-state index contributed by atoms with van der Waals surface area (Å²) in [6.45, 7) is 0. The molecule has 2 aromatic rings. The van der Waals surface area contributed by atoms with E-state index in [2.05, 4.69) is 41.0 Å². The summed E-state index contributed by atoms with van der Waals surface area (Å²) >= 11 is 0. The molecule has 1 amide bonds. The second-order valence-corrected chi connectivity index (χ2v) is 7.55. The molecule has 2 aromatic carbocycles. The van der Waals surface area contributed by atoms with E-state index in [9.17, 15) is 4.79 Å². The lowest BCUT2D eigenvalue weighted by atomic mass is 9.89. The Balaban J connectivity index is 1.39. The molecule has 2 unspecified atom stereocenters. The molecule has 3 heteroatoms. The Hall–Kier alpha value is -2.13. The summed E-state index contributed by atoms with van der Waals surface area (Å²) in [5.74, 6) is 0.687. The summed E-state index contributed by atoms with van der Waals surface area (Å²) < 4.78 is 0. The molecule has 3 nitrogen and oxygen atoms in total. The van der Waals surface area contributed by atoms with Crippen molar-refractivity contribution in [3.8, 4) is 0 Å². The average Bonchev–Trinajstić information content (AvgIpc) is 2.96. The standard InChI is InChI=1S/C22H26N2O/c25-22(15-17-13-19-10-11-20(14-17)23-19)24-21-9-5-4-8-18(21)12-16-6-2-1-3-7-16/h1-9,17,19-20,23H,10-15H2,(H,24,25). The van der Waals surface area contributed by atoms with Gasteiger partial charge in [-0.3, -0.25) is 4.79 Å². The first-order valence-electron chi connectivity index (χ1n) is 9.44. The number of hydrogen-bond donors (Lipinski definition) is 2. The summed E-state index contributed by atoms with van der Waals surface area (Å²) in [5.41, 5.74) is 3.39. The van der Waals surface area contributed by atoms with Gasteiger partial charge in [0.05, 0.1) is 0 Å². The monoisotopic (exact) mass is 334 g/mol. The Morgan fingerprint density at radius 3 is 2.40 bits per heavy atom. The number of para-hydroxylation sites is 1. The first-order chi connectivity index (χ1) is 12.3. The fourth-order valence-electron chi connectivity index (χ4n) is 4.42. The molecule has 2 N–H and O–H groups in total. The highest BCUT2D eigenvalue weighted by Gasteiger charge is 2.34. The minimum absolute atomic E-state index is 0.159. The third-order valence-corrected chi connectivity index (χ3v) is 5.57. The molecule has 0 aliphatic carbocycles. The smallest absolute Gasteiger partial charge is 0.224 e. The number of fused-ring (bicyclic) bond motifs is 2. The van der Waals surface area contributed by atoms with Crippen LogP contribution in [-0.2, 0) is 11.2 Å². The Bertz CT molecular complexity index is 716. The zero-order valence-electron chi connectivity index (χ0n) is 14.6. The van der Waals surface area contributed by atoms with E-state index in [1.165, 1.54) is 24.0 Å². The van der Waals surface area contributed by atoms with Crippen LogP contribution in [0.2, 0.25) is 0 Å². The van der Waals surface area contributed by atoms with E-state index in [0.717, 1.165) is 24.9 Å². The molecule has 2 aliphatic rings. The predicted molar refractivity (Wildman–Crippen MR) is 102 cm³/mol. The summed E-state index contributed by atoms with van der Waals surface area (Å²) in [4.78, 5) is 12.6. The fraction of sp³-hybridized carbons (Fsp3) is 0.409. The van der Waals surface area contributed by atoms with Crippen molar-refractivity contribution < 1.29 is 4.79 Å². The quantitative estimate of drug-likeness (QED) is 0.863. The van der Waals surface area contributed by atoms with Gasteiger partial charge >= 0.3 is 0 Å². The van der Waals surface area contributed by atoms with Crippen LogP contribution in [0.25, 0.3) is 0 Å². The van der Waals surface area contributed by atoms with Crippen molar-refractivity contribution in [3.05, 3.63) is 65.7 Å². The number of carbonyl (C=O) groups is 1. The molecule has 0 saturated carbocycles. The second-order valence-electron chi connectivity index (χ2n) is 7.55. The third kappa shape index (κ3) is 4.10. The minimum atomic E-state index is 0.159. The van der Waals surface area contributed by atoms with Crippen molar-refractivity contribution in [1.82, 2.24) is 5.32 Å². The summed E-state index contributed by atoms with van der Waals surface area (Å²) in [7, 11) is 0. The molecule has 130 valence electrons. The Morgan fingerprint density at radius 1 is 0.960 bits per heavy atom. The second kappa shape index (κ2) is 7.40. The van der Waals surface area contributed by atoms with Crippen LogP contribution in [0.4, 0.5) is 5.69 Å². The number of carbonyl (C=O) groups excluding carboxylic acids is 1. The minimum Gasteiger partial charge on any atom is -0.326 e. The lowest BCUT2D eigenvalue weighted by molar-refractivity contribution is -0.117. The van der Waals surface area contributed by atoms with Crippen molar-refractivity contribution in [2.75, 3.05) is 5.32 Å². The van der Waals surface area contributed by atoms with Gasteiger partial charge in [-0.2, -0.15) is 0 Å². The number of piperidine rings is 1. The van der Waals surface area contributed by atoms with Crippen LogP contribution in [0.5, 0.6) is 0 Å². The molecule has 4 rings (SSSR count). The first-order valence-corrected chi connectivity index (χ1v) is 9.44. The van der Waals surface area contributed by atoms with E-state index in [-0.39, 0.29) is 5.91 Å². The van der Waals surface area contributed by atoms with Gasteiger partial charge in [0.25, 0.3) is 0 Å². The molecule has 2 bridgehead atoms. The molecular formula is C22H26N2O. The number of anilines is 1. The van der Waals surface area contributed by atoms with Crippen molar-refractivity contribution in [2.24, 2.45) is 5.92 Å². The molecule has 0 aromatic heterocycles.